The van der Waals surface area contributed by atoms with E-state index in [1.54, 1.807) is 15.6 Å². The van der Waals surface area contributed by atoms with E-state index in [9.17, 15) is 8.42 Å². The molecular weight excluding hydrogens is 292 g/mol. The van der Waals surface area contributed by atoms with Crippen LogP contribution in [0.3, 0.4) is 0 Å². The Morgan fingerprint density at radius 1 is 1.30 bits per heavy atom. The van der Waals surface area contributed by atoms with Crippen LogP contribution in [0, 0.1) is 6.92 Å². The summed E-state index contributed by atoms with van der Waals surface area (Å²) in [6.07, 6.45) is 4.15. The third kappa shape index (κ3) is 3.42. The number of nitrogens with zero attached hydrogens (tertiary/aromatic N) is 1. The van der Waals surface area contributed by atoms with E-state index in [-0.39, 0.29) is 0 Å². The number of rotatable bonds is 6. The van der Waals surface area contributed by atoms with Crippen LogP contribution in [0.5, 0.6) is 0 Å². The Morgan fingerprint density at radius 3 is 2.65 bits per heavy atom. The second kappa shape index (κ2) is 7.02. The molecule has 1 saturated heterocycles. The highest BCUT2D eigenvalue weighted by Gasteiger charge is 2.30. The molecule has 0 amide bonds. The molecule has 0 aromatic carbocycles. The van der Waals surface area contributed by atoms with Crippen molar-refractivity contribution in [2.45, 2.75) is 51.0 Å². The molecule has 0 radical (unpaired) electrons. The molecule has 4 nitrogen and oxygen atoms in total. The molecule has 1 N–H and O–H groups in total. The van der Waals surface area contributed by atoms with Crippen LogP contribution in [0.1, 0.15) is 43.0 Å². The third-order valence-corrected chi connectivity index (χ3v) is 6.98. The molecule has 0 spiro atoms. The molecule has 114 valence electrons. The van der Waals surface area contributed by atoms with Crippen LogP contribution < -0.4 is 5.32 Å². The average Bonchev–Trinajstić information content (AvgIpc) is 2.82. The fourth-order valence-corrected chi connectivity index (χ4v) is 5.82. The molecule has 0 atom stereocenters. The minimum absolute atomic E-state index is 0.549. The Labute approximate surface area is 126 Å². The lowest BCUT2D eigenvalue weighted by Crippen LogP contribution is -2.36. The van der Waals surface area contributed by atoms with Crippen molar-refractivity contribution in [3.63, 3.8) is 0 Å². The van der Waals surface area contributed by atoms with Gasteiger partial charge < -0.3 is 5.32 Å². The van der Waals surface area contributed by atoms with Crippen LogP contribution in [0.15, 0.2) is 10.3 Å². The van der Waals surface area contributed by atoms with Crippen molar-refractivity contribution in [2.24, 2.45) is 0 Å². The summed E-state index contributed by atoms with van der Waals surface area (Å²) >= 11 is 1.55. The van der Waals surface area contributed by atoms with Gasteiger partial charge in [-0.15, -0.1) is 11.3 Å². The van der Waals surface area contributed by atoms with Crippen molar-refractivity contribution in [2.75, 3.05) is 19.6 Å². The number of thiophene rings is 1. The molecule has 6 heteroatoms. The normalized spacial score (nSPS) is 17.5. The summed E-state index contributed by atoms with van der Waals surface area (Å²) in [5.41, 5.74) is 0.883. The summed E-state index contributed by atoms with van der Waals surface area (Å²) in [4.78, 5) is 1.49. The highest BCUT2D eigenvalue weighted by atomic mass is 32.2. The van der Waals surface area contributed by atoms with E-state index in [1.165, 1.54) is 0 Å². The van der Waals surface area contributed by atoms with Crippen molar-refractivity contribution in [1.82, 2.24) is 9.62 Å². The molecule has 1 fully saturated rings. The van der Waals surface area contributed by atoms with Gasteiger partial charge in [-0.05, 0) is 43.7 Å². The van der Waals surface area contributed by atoms with Gasteiger partial charge in [0.05, 0.1) is 0 Å². The van der Waals surface area contributed by atoms with Gasteiger partial charge >= 0.3 is 0 Å². The van der Waals surface area contributed by atoms with E-state index in [1.807, 2.05) is 12.3 Å². The van der Waals surface area contributed by atoms with Gasteiger partial charge in [-0.2, -0.15) is 4.31 Å². The second-order valence-electron chi connectivity index (χ2n) is 5.31. The van der Waals surface area contributed by atoms with Crippen LogP contribution in [0.2, 0.25) is 0 Å². The molecule has 1 aromatic heterocycles. The number of hydrogen-bond acceptors (Lipinski definition) is 4. The number of aryl methyl sites for hydroxylation is 1. The molecular formula is C14H24N2O2S2. The lowest BCUT2D eigenvalue weighted by molar-refractivity contribution is 0.346. The second-order valence-corrected chi connectivity index (χ2v) is 8.15. The molecule has 1 aromatic rings. The van der Waals surface area contributed by atoms with Crippen LogP contribution in [-0.2, 0) is 16.6 Å². The number of piperidine rings is 1. The monoisotopic (exact) mass is 316 g/mol. The van der Waals surface area contributed by atoms with Crippen molar-refractivity contribution in [3.8, 4) is 0 Å². The van der Waals surface area contributed by atoms with Gasteiger partial charge in [0, 0.05) is 24.5 Å². The first-order valence-electron chi connectivity index (χ1n) is 7.35. The van der Waals surface area contributed by atoms with Gasteiger partial charge in [-0.3, -0.25) is 0 Å². The number of sulfonamides is 1. The topological polar surface area (TPSA) is 49.4 Å². The summed E-state index contributed by atoms with van der Waals surface area (Å²) < 4.78 is 27.3. The van der Waals surface area contributed by atoms with E-state index in [0.29, 0.717) is 24.5 Å². The Hall–Kier alpha value is -0.430. The average molecular weight is 316 g/mol. The Kier molecular flexibility index (Phi) is 5.60. The third-order valence-electron chi connectivity index (χ3n) is 3.61. The molecule has 1 aliphatic rings. The number of hydrogen-bond donors (Lipinski definition) is 1. The van der Waals surface area contributed by atoms with Crippen LogP contribution in [-0.4, -0.2) is 32.4 Å². The Morgan fingerprint density at radius 2 is 2.00 bits per heavy atom. The predicted octanol–water partition coefficient (Wildman–Crippen LogP) is 2.73. The minimum Gasteiger partial charge on any atom is -0.312 e. The summed E-state index contributed by atoms with van der Waals surface area (Å²) in [6.45, 7) is 6.91. The lowest BCUT2D eigenvalue weighted by atomic mass is 10.2. The highest BCUT2D eigenvalue weighted by molar-refractivity contribution is 7.89. The quantitative estimate of drug-likeness (QED) is 0.821. The standard InChI is InChI=1S/C14H24N2O2S2/c1-3-7-15-10-13-14(12(2)11-19-13)20(17,18)16-8-5-4-6-9-16/h11,15H,3-10H2,1-2H3. The van der Waals surface area contributed by atoms with Gasteiger partial charge in [-0.1, -0.05) is 13.3 Å². The molecule has 1 aliphatic heterocycles. The summed E-state index contributed by atoms with van der Waals surface area (Å²) in [7, 11) is -3.31. The Balaban J connectivity index is 2.23. The zero-order valence-electron chi connectivity index (χ0n) is 12.3. The highest BCUT2D eigenvalue weighted by Crippen LogP contribution is 2.30. The molecule has 0 aliphatic carbocycles. The van der Waals surface area contributed by atoms with E-state index in [4.69, 9.17) is 0 Å². The van der Waals surface area contributed by atoms with Gasteiger partial charge in [0.15, 0.2) is 0 Å². The first-order chi connectivity index (χ1) is 9.57. The fraction of sp³-hybridized carbons (Fsp3) is 0.714. The fourth-order valence-electron chi connectivity index (χ4n) is 2.57. The lowest BCUT2D eigenvalue weighted by Gasteiger charge is -2.26. The molecule has 20 heavy (non-hydrogen) atoms. The Bertz CT molecular complexity index is 531. The molecule has 0 saturated carbocycles. The van der Waals surface area contributed by atoms with Crippen molar-refractivity contribution < 1.29 is 8.42 Å². The predicted molar refractivity (Wildman–Crippen MR) is 83.7 cm³/mol. The summed E-state index contributed by atoms with van der Waals surface area (Å²) in [6, 6.07) is 0. The van der Waals surface area contributed by atoms with E-state index in [0.717, 1.165) is 42.7 Å². The smallest absolute Gasteiger partial charge is 0.244 e. The maximum atomic E-state index is 12.8. The van der Waals surface area contributed by atoms with Crippen LogP contribution in [0.4, 0.5) is 0 Å². The van der Waals surface area contributed by atoms with Crippen molar-refractivity contribution in [1.29, 1.82) is 0 Å². The van der Waals surface area contributed by atoms with Crippen molar-refractivity contribution >= 4 is 21.4 Å². The summed E-state index contributed by atoms with van der Waals surface area (Å²) in [5.74, 6) is 0. The molecule has 0 unspecified atom stereocenters. The maximum absolute atomic E-state index is 12.8. The van der Waals surface area contributed by atoms with Gasteiger partial charge in [0.1, 0.15) is 4.90 Å². The maximum Gasteiger partial charge on any atom is 0.244 e. The van der Waals surface area contributed by atoms with Gasteiger partial charge in [-0.25, -0.2) is 8.42 Å². The van der Waals surface area contributed by atoms with Crippen LogP contribution >= 0.6 is 11.3 Å². The van der Waals surface area contributed by atoms with Gasteiger partial charge in [0.2, 0.25) is 10.0 Å². The molecule has 2 heterocycles. The van der Waals surface area contributed by atoms with Crippen LogP contribution in [0.25, 0.3) is 0 Å². The zero-order chi connectivity index (χ0) is 14.6. The van der Waals surface area contributed by atoms with E-state index < -0.39 is 10.0 Å². The molecule has 2 rings (SSSR count). The first kappa shape index (κ1) is 15.9. The zero-order valence-corrected chi connectivity index (χ0v) is 13.9. The van der Waals surface area contributed by atoms with Gasteiger partial charge in [0.25, 0.3) is 0 Å². The van der Waals surface area contributed by atoms with E-state index >= 15 is 0 Å². The largest absolute Gasteiger partial charge is 0.312 e. The first-order valence-corrected chi connectivity index (χ1v) is 9.67. The summed E-state index contributed by atoms with van der Waals surface area (Å²) in [5, 5.41) is 5.27. The SMILES string of the molecule is CCCNCc1scc(C)c1S(=O)(=O)N1CCCCC1. The van der Waals surface area contributed by atoms with Crippen molar-refractivity contribution in [3.05, 3.63) is 15.8 Å². The molecule has 0 bridgehead atoms. The number of nitrogens with one attached hydrogen (secondary N) is 1. The minimum atomic E-state index is -3.31. The van der Waals surface area contributed by atoms with E-state index in [2.05, 4.69) is 12.2 Å².